The first-order valence-electron chi connectivity index (χ1n) is 7.99. The number of hydrogen-bond donors (Lipinski definition) is 1. The minimum Gasteiger partial charge on any atom is -0.329 e. The lowest BCUT2D eigenvalue weighted by atomic mass is 9.85. The largest absolute Gasteiger partial charge is 0.329 e. The summed E-state index contributed by atoms with van der Waals surface area (Å²) in [7, 11) is 0. The predicted octanol–water partition coefficient (Wildman–Crippen LogP) is 1.82. The van der Waals surface area contributed by atoms with Gasteiger partial charge in [-0.1, -0.05) is 12.8 Å². The molecule has 0 bridgehead atoms. The van der Waals surface area contributed by atoms with E-state index in [-0.39, 0.29) is 0 Å². The highest BCUT2D eigenvalue weighted by Gasteiger charge is 2.52. The first-order valence-corrected chi connectivity index (χ1v) is 7.99. The Balaban J connectivity index is 1.85. The highest BCUT2D eigenvalue weighted by Crippen LogP contribution is 2.41. The minimum absolute atomic E-state index is 0.306. The lowest BCUT2D eigenvalue weighted by molar-refractivity contribution is 0.0342. The summed E-state index contributed by atoms with van der Waals surface area (Å²) in [6.07, 6.45) is 9.63. The molecular formula is C15H29N3. The van der Waals surface area contributed by atoms with Crippen LogP contribution < -0.4 is 5.73 Å². The quantitative estimate of drug-likeness (QED) is 0.812. The average Bonchev–Trinajstić information content (AvgIpc) is 2.90. The molecule has 0 saturated carbocycles. The van der Waals surface area contributed by atoms with Crippen molar-refractivity contribution in [3.8, 4) is 0 Å². The van der Waals surface area contributed by atoms with Gasteiger partial charge in [0.1, 0.15) is 0 Å². The molecule has 3 fully saturated rings. The number of likely N-dealkylation sites (tertiary alicyclic amines) is 1. The van der Waals surface area contributed by atoms with Crippen LogP contribution >= 0.6 is 0 Å². The number of rotatable bonds is 2. The van der Waals surface area contributed by atoms with Crippen molar-refractivity contribution >= 4 is 0 Å². The standard InChI is InChI=1S/C15H29N3/c1-13-6-3-2-4-10-18(13)15(12-16)8-11-17-9-5-7-14(15)17/h13-14H,2-12,16H2,1H3. The molecule has 0 spiro atoms. The van der Waals surface area contributed by atoms with Gasteiger partial charge in [0.05, 0.1) is 5.54 Å². The van der Waals surface area contributed by atoms with Crippen molar-refractivity contribution in [3.05, 3.63) is 0 Å². The first-order chi connectivity index (χ1) is 8.78. The summed E-state index contributed by atoms with van der Waals surface area (Å²) in [5, 5.41) is 0. The maximum atomic E-state index is 6.30. The molecule has 2 N–H and O–H groups in total. The van der Waals surface area contributed by atoms with Gasteiger partial charge in [0, 0.05) is 25.2 Å². The van der Waals surface area contributed by atoms with Gasteiger partial charge in [0.2, 0.25) is 0 Å². The van der Waals surface area contributed by atoms with Gasteiger partial charge in [-0.3, -0.25) is 9.80 Å². The van der Waals surface area contributed by atoms with Crippen LogP contribution in [0.4, 0.5) is 0 Å². The van der Waals surface area contributed by atoms with Gasteiger partial charge in [-0.2, -0.15) is 0 Å². The Labute approximate surface area is 112 Å². The Hall–Kier alpha value is -0.120. The normalized spacial score (nSPS) is 43.0. The molecule has 3 aliphatic rings. The molecule has 0 radical (unpaired) electrons. The molecule has 0 aromatic heterocycles. The van der Waals surface area contributed by atoms with E-state index in [0.717, 1.165) is 18.6 Å². The third kappa shape index (κ3) is 1.91. The van der Waals surface area contributed by atoms with E-state index < -0.39 is 0 Å². The van der Waals surface area contributed by atoms with E-state index in [1.807, 2.05) is 0 Å². The molecule has 0 amide bonds. The highest BCUT2D eigenvalue weighted by atomic mass is 15.3. The van der Waals surface area contributed by atoms with Crippen LogP contribution in [0.5, 0.6) is 0 Å². The van der Waals surface area contributed by atoms with Crippen molar-refractivity contribution in [2.24, 2.45) is 5.73 Å². The molecular weight excluding hydrogens is 222 g/mol. The zero-order valence-corrected chi connectivity index (χ0v) is 11.9. The molecule has 3 nitrogen and oxygen atoms in total. The molecule has 3 heteroatoms. The van der Waals surface area contributed by atoms with Crippen LogP contribution in [0.3, 0.4) is 0 Å². The Morgan fingerprint density at radius 1 is 1.06 bits per heavy atom. The van der Waals surface area contributed by atoms with Gasteiger partial charge in [-0.15, -0.1) is 0 Å². The monoisotopic (exact) mass is 251 g/mol. The van der Waals surface area contributed by atoms with Gasteiger partial charge in [-0.25, -0.2) is 0 Å². The second-order valence-corrected chi connectivity index (χ2v) is 6.64. The summed E-state index contributed by atoms with van der Waals surface area (Å²) in [5.74, 6) is 0. The molecule has 3 unspecified atom stereocenters. The fraction of sp³-hybridized carbons (Fsp3) is 1.00. The van der Waals surface area contributed by atoms with Crippen LogP contribution in [0.15, 0.2) is 0 Å². The van der Waals surface area contributed by atoms with Gasteiger partial charge in [0.15, 0.2) is 0 Å². The van der Waals surface area contributed by atoms with Crippen LogP contribution in [0, 0.1) is 0 Å². The van der Waals surface area contributed by atoms with E-state index in [4.69, 9.17) is 5.73 Å². The van der Waals surface area contributed by atoms with Crippen LogP contribution in [-0.4, -0.2) is 53.6 Å². The Bertz CT molecular complexity index is 293. The minimum atomic E-state index is 0.306. The Morgan fingerprint density at radius 2 is 1.94 bits per heavy atom. The summed E-state index contributed by atoms with van der Waals surface area (Å²) in [6, 6.07) is 1.49. The molecule has 0 aliphatic carbocycles. The van der Waals surface area contributed by atoms with Crippen molar-refractivity contribution in [3.63, 3.8) is 0 Å². The van der Waals surface area contributed by atoms with E-state index in [0.29, 0.717) is 5.54 Å². The summed E-state index contributed by atoms with van der Waals surface area (Å²) >= 11 is 0. The molecule has 3 saturated heterocycles. The molecule has 104 valence electrons. The molecule has 3 atom stereocenters. The Kier molecular flexibility index (Phi) is 3.65. The smallest absolute Gasteiger partial charge is 0.0501 e. The van der Waals surface area contributed by atoms with E-state index in [9.17, 15) is 0 Å². The van der Waals surface area contributed by atoms with Gasteiger partial charge in [-0.05, 0) is 52.1 Å². The van der Waals surface area contributed by atoms with E-state index in [2.05, 4.69) is 16.7 Å². The zero-order valence-electron chi connectivity index (χ0n) is 11.9. The first kappa shape index (κ1) is 12.9. The lowest BCUT2D eigenvalue weighted by Gasteiger charge is -2.47. The second kappa shape index (κ2) is 5.10. The van der Waals surface area contributed by atoms with Crippen LogP contribution in [0.2, 0.25) is 0 Å². The number of hydrogen-bond acceptors (Lipinski definition) is 3. The fourth-order valence-corrected chi connectivity index (χ4v) is 4.83. The third-order valence-electron chi connectivity index (χ3n) is 5.79. The van der Waals surface area contributed by atoms with Crippen molar-refractivity contribution in [2.45, 2.75) is 69.5 Å². The van der Waals surface area contributed by atoms with Gasteiger partial charge >= 0.3 is 0 Å². The summed E-state index contributed by atoms with van der Waals surface area (Å²) in [5.41, 5.74) is 6.61. The number of nitrogens with two attached hydrogens (primary N) is 1. The molecule has 3 heterocycles. The van der Waals surface area contributed by atoms with Crippen molar-refractivity contribution in [2.75, 3.05) is 26.2 Å². The molecule has 0 aromatic carbocycles. The van der Waals surface area contributed by atoms with E-state index >= 15 is 0 Å². The molecule has 0 aromatic rings. The summed E-state index contributed by atoms with van der Waals surface area (Å²) in [6.45, 7) is 7.17. The van der Waals surface area contributed by atoms with Crippen LogP contribution in [0.25, 0.3) is 0 Å². The van der Waals surface area contributed by atoms with Crippen LogP contribution in [0.1, 0.15) is 51.9 Å². The Morgan fingerprint density at radius 3 is 2.78 bits per heavy atom. The van der Waals surface area contributed by atoms with Gasteiger partial charge < -0.3 is 5.73 Å². The van der Waals surface area contributed by atoms with E-state index in [1.54, 1.807) is 0 Å². The lowest BCUT2D eigenvalue weighted by Crippen LogP contribution is -2.62. The molecule has 3 rings (SSSR count). The number of fused-ring (bicyclic) bond motifs is 1. The number of nitrogens with zero attached hydrogens (tertiary/aromatic N) is 2. The van der Waals surface area contributed by atoms with Crippen LogP contribution in [-0.2, 0) is 0 Å². The van der Waals surface area contributed by atoms with Crippen molar-refractivity contribution in [1.29, 1.82) is 0 Å². The SMILES string of the molecule is CC1CCCCCN1C1(CN)CCN2CCCC21. The summed E-state index contributed by atoms with van der Waals surface area (Å²) < 4.78 is 0. The van der Waals surface area contributed by atoms with Crippen molar-refractivity contribution < 1.29 is 0 Å². The average molecular weight is 251 g/mol. The van der Waals surface area contributed by atoms with Gasteiger partial charge in [0.25, 0.3) is 0 Å². The molecule has 18 heavy (non-hydrogen) atoms. The fourth-order valence-electron chi connectivity index (χ4n) is 4.83. The maximum absolute atomic E-state index is 6.30. The topological polar surface area (TPSA) is 32.5 Å². The third-order valence-corrected chi connectivity index (χ3v) is 5.79. The van der Waals surface area contributed by atoms with E-state index in [1.165, 1.54) is 64.6 Å². The highest BCUT2D eigenvalue weighted by molar-refractivity contribution is 5.10. The predicted molar refractivity (Wildman–Crippen MR) is 75.6 cm³/mol. The summed E-state index contributed by atoms with van der Waals surface area (Å²) in [4.78, 5) is 5.53. The molecule has 3 aliphatic heterocycles. The zero-order chi connectivity index (χ0) is 12.6. The maximum Gasteiger partial charge on any atom is 0.0501 e. The second-order valence-electron chi connectivity index (χ2n) is 6.64. The van der Waals surface area contributed by atoms with Crippen molar-refractivity contribution in [1.82, 2.24) is 9.80 Å².